The lowest BCUT2D eigenvalue weighted by atomic mass is 10.1. The molecule has 5 nitrogen and oxygen atoms in total. The topological polar surface area (TPSA) is 61.9 Å². The molecule has 0 aliphatic rings. The zero-order valence-electron chi connectivity index (χ0n) is 11.4. The van der Waals surface area contributed by atoms with Gasteiger partial charge in [0, 0.05) is 12.6 Å². The molecule has 0 fully saturated rings. The van der Waals surface area contributed by atoms with Crippen LogP contribution in [-0.2, 0) is 12.7 Å². The zero-order valence-corrected chi connectivity index (χ0v) is 11.4. The smallest absolute Gasteiger partial charge is 0.334 e. The SMILES string of the molecule is Cc1nc(CN(C)C(=O)c2cccc(C(F)(F)F)c2)n[nH]1. The Kier molecular flexibility index (Phi) is 3.97. The van der Waals surface area contributed by atoms with Crippen molar-refractivity contribution in [2.45, 2.75) is 19.6 Å². The number of alkyl halides is 3. The van der Waals surface area contributed by atoms with Crippen molar-refractivity contribution < 1.29 is 18.0 Å². The van der Waals surface area contributed by atoms with Crippen molar-refractivity contribution >= 4 is 5.91 Å². The Morgan fingerprint density at radius 3 is 2.67 bits per heavy atom. The van der Waals surface area contributed by atoms with Gasteiger partial charge in [-0.2, -0.15) is 18.3 Å². The number of nitrogens with zero attached hydrogens (tertiary/aromatic N) is 3. The van der Waals surface area contributed by atoms with E-state index in [1.165, 1.54) is 24.1 Å². The molecule has 0 atom stereocenters. The van der Waals surface area contributed by atoms with Gasteiger partial charge in [-0.05, 0) is 25.1 Å². The summed E-state index contributed by atoms with van der Waals surface area (Å²) in [5.74, 6) is 0.476. The van der Waals surface area contributed by atoms with Crippen molar-refractivity contribution in [3.05, 3.63) is 47.0 Å². The molecule has 0 saturated heterocycles. The largest absolute Gasteiger partial charge is 0.416 e. The monoisotopic (exact) mass is 298 g/mol. The number of hydrogen-bond donors (Lipinski definition) is 1. The molecule has 0 spiro atoms. The lowest BCUT2D eigenvalue weighted by Crippen LogP contribution is -2.27. The Balaban J connectivity index is 2.16. The number of H-pyrrole nitrogens is 1. The van der Waals surface area contributed by atoms with Gasteiger partial charge in [-0.1, -0.05) is 6.07 Å². The minimum Gasteiger partial charge on any atom is -0.334 e. The summed E-state index contributed by atoms with van der Waals surface area (Å²) in [6.07, 6.45) is -4.48. The molecule has 8 heteroatoms. The van der Waals surface area contributed by atoms with E-state index in [1.54, 1.807) is 6.92 Å². The van der Waals surface area contributed by atoms with Crippen LogP contribution in [0.25, 0.3) is 0 Å². The number of benzene rings is 1. The van der Waals surface area contributed by atoms with Crippen LogP contribution in [0.15, 0.2) is 24.3 Å². The summed E-state index contributed by atoms with van der Waals surface area (Å²) in [6, 6.07) is 4.32. The predicted molar refractivity (Wildman–Crippen MR) is 68.4 cm³/mol. The Morgan fingerprint density at radius 2 is 2.10 bits per heavy atom. The average molecular weight is 298 g/mol. The van der Waals surface area contributed by atoms with Crippen LogP contribution in [0.2, 0.25) is 0 Å². The van der Waals surface area contributed by atoms with Crippen molar-refractivity contribution in [2.75, 3.05) is 7.05 Å². The maximum Gasteiger partial charge on any atom is 0.416 e. The standard InChI is InChI=1S/C13H13F3N4O/c1-8-17-11(19-18-8)7-20(2)12(21)9-4-3-5-10(6-9)13(14,15)16/h3-6H,7H2,1-2H3,(H,17,18,19). The number of carbonyl (C=O) groups is 1. The van der Waals surface area contributed by atoms with Crippen molar-refractivity contribution in [1.29, 1.82) is 0 Å². The second-order valence-electron chi connectivity index (χ2n) is 4.58. The van der Waals surface area contributed by atoms with E-state index >= 15 is 0 Å². The number of halogens is 3. The summed E-state index contributed by atoms with van der Waals surface area (Å²) in [5, 5.41) is 6.51. The average Bonchev–Trinajstić information content (AvgIpc) is 2.82. The van der Waals surface area contributed by atoms with Crippen LogP contribution in [0, 0.1) is 6.92 Å². The minimum absolute atomic E-state index is 0.0282. The van der Waals surface area contributed by atoms with Gasteiger partial charge in [0.15, 0.2) is 5.82 Å². The molecular weight excluding hydrogens is 285 g/mol. The fourth-order valence-electron chi connectivity index (χ4n) is 1.79. The van der Waals surface area contributed by atoms with Gasteiger partial charge in [0.2, 0.25) is 0 Å². The number of aromatic amines is 1. The number of amides is 1. The molecule has 2 aromatic rings. The van der Waals surface area contributed by atoms with Gasteiger partial charge in [0.1, 0.15) is 5.82 Å². The van der Waals surface area contributed by atoms with E-state index in [4.69, 9.17) is 0 Å². The number of aromatic nitrogens is 3. The maximum atomic E-state index is 12.6. The first-order valence-corrected chi connectivity index (χ1v) is 6.08. The second kappa shape index (κ2) is 5.55. The van der Waals surface area contributed by atoms with E-state index in [1.807, 2.05) is 0 Å². The van der Waals surface area contributed by atoms with Gasteiger partial charge >= 0.3 is 6.18 Å². The molecule has 0 aliphatic heterocycles. The number of nitrogens with one attached hydrogen (secondary N) is 1. The molecule has 0 radical (unpaired) electrons. The molecule has 1 amide bonds. The summed E-state index contributed by atoms with van der Waals surface area (Å²) in [5.41, 5.74) is -0.880. The van der Waals surface area contributed by atoms with Gasteiger partial charge in [0.25, 0.3) is 5.91 Å². The number of rotatable bonds is 3. The summed E-state index contributed by atoms with van der Waals surface area (Å²) in [6.45, 7) is 1.82. The summed E-state index contributed by atoms with van der Waals surface area (Å²) >= 11 is 0. The van der Waals surface area contributed by atoms with Gasteiger partial charge in [0.05, 0.1) is 12.1 Å². The first-order valence-electron chi connectivity index (χ1n) is 6.08. The fourth-order valence-corrected chi connectivity index (χ4v) is 1.79. The molecule has 21 heavy (non-hydrogen) atoms. The maximum absolute atomic E-state index is 12.6. The van der Waals surface area contributed by atoms with Gasteiger partial charge in [-0.15, -0.1) is 0 Å². The van der Waals surface area contributed by atoms with E-state index in [9.17, 15) is 18.0 Å². The third kappa shape index (κ3) is 3.59. The Bertz CT molecular complexity index is 651. The summed E-state index contributed by atoms with van der Waals surface area (Å²) in [4.78, 5) is 17.4. The minimum atomic E-state index is -4.48. The number of carbonyl (C=O) groups excluding carboxylic acids is 1. The van der Waals surface area contributed by atoms with Gasteiger partial charge in [-0.3, -0.25) is 9.89 Å². The van der Waals surface area contributed by atoms with Crippen LogP contribution in [0.4, 0.5) is 13.2 Å². The van der Waals surface area contributed by atoms with Crippen LogP contribution in [0.5, 0.6) is 0 Å². The molecule has 1 N–H and O–H groups in total. The lowest BCUT2D eigenvalue weighted by Gasteiger charge is -2.16. The van der Waals surface area contributed by atoms with Crippen molar-refractivity contribution in [3.8, 4) is 0 Å². The van der Waals surface area contributed by atoms with Crippen molar-refractivity contribution in [1.82, 2.24) is 20.1 Å². The summed E-state index contributed by atoms with van der Waals surface area (Å²) in [7, 11) is 1.48. The van der Waals surface area contributed by atoms with E-state index in [0.29, 0.717) is 11.6 Å². The highest BCUT2D eigenvalue weighted by molar-refractivity contribution is 5.94. The highest BCUT2D eigenvalue weighted by Crippen LogP contribution is 2.29. The Hall–Kier alpha value is -2.38. The quantitative estimate of drug-likeness (QED) is 0.946. The summed E-state index contributed by atoms with van der Waals surface area (Å²) < 4.78 is 37.9. The zero-order chi connectivity index (χ0) is 15.6. The van der Waals surface area contributed by atoms with Crippen molar-refractivity contribution in [3.63, 3.8) is 0 Å². The van der Waals surface area contributed by atoms with E-state index in [2.05, 4.69) is 15.2 Å². The normalized spacial score (nSPS) is 11.5. The van der Waals surface area contributed by atoms with E-state index in [-0.39, 0.29) is 12.1 Å². The molecule has 1 aromatic heterocycles. The highest BCUT2D eigenvalue weighted by atomic mass is 19.4. The second-order valence-corrected chi connectivity index (χ2v) is 4.58. The molecule has 0 aliphatic carbocycles. The first kappa shape index (κ1) is 15.0. The third-order valence-corrected chi connectivity index (χ3v) is 2.81. The number of aryl methyl sites for hydroxylation is 1. The van der Waals surface area contributed by atoms with Crippen LogP contribution >= 0.6 is 0 Å². The molecule has 112 valence electrons. The Labute approximate surface area is 118 Å². The van der Waals surface area contributed by atoms with Gasteiger partial charge in [-0.25, -0.2) is 4.98 Å². The van der Waals surface area contributed by atoms with Crippen LogP contribution in [0.3, 0.4) is 0 Å². The Morgan fingerprint density at radius 1 is 1.38 bits per heavy atom. The van der Waals surface area contributed by atoms with E-state index in [0.717, 1.165) is 12.1 Å². The molecule has 0 bridgehead atoms. The molecule has 2 rings (SSSR count). The van der Waals surface area contributed by atoms with Gasteiger partial charge < -0.3 is 4.90 Å². The third-order valence-electron chi connectivity index (χ3n) is 2.81. The van der Waals surface area contributed by atoms with Crippen molar-refractivity contribution in [2.24, 2.45) is 0 Å². The van der Waals surface area contributed by atoms with Crippen LogP contribution < -0.4 is 0 Å². The first-order chi connectivity index (χ1) is 9.77. The van der Waals surface area contributed by atoms with Crippen LogP contribution in [0.1, 0.15) is 27.6 Å². The molecule has 0 unspecified atom stereocenters. The van der Waals surface area contributed by atoms with E-state index < -0.39 is 17.6 Å². The number of hydrogen-bond acceptors (Lipinski definition) is 3. The molecular formula is C13H13F3N4O. The predicted octanol–water partition coefficient (Wildman–Crippen LogP) is 2.40. The lowest BCUT2D eigenvalue weighted by molar-refractivity contribution is -0.137. The molecule has 1 aromatic carbocycles. The molecule has 0 saturated carbocycles. The molecule has 1 heterocycles. The van der Waals surface area contributed by atoms with Crippen LogP contribution in [-0.4, -0.2) is 33.0 Å². The highest BCUT2D eigenvalue weighted by Gasteiger charge is 2.31. The fraction of sp³-hybridized carbons (Fsp3) is 0.308.